The van der Waals surface area contributed by atoms with Gasteiger partial charge in [0.2, 0.25) is 0 Å². The fraction of sp³-hybridized carbons (Fsp3) is 0.121. The van der Waals surface area contributed by atoms with Gasteiger partial charge in [0.05, 0.1) is 6.04 Å². The Balaban J connectivity index is 1.55. The minimum Gasteiger partial charge on any atom is -0.352 e. The highest BCUT2D eigenvalue weighted by Crippen LogP contribution is 2.61. The normalized spacial score (nSPS) is 22.1. The van der Waals surface area contributed by atoms with E-state index in [1.54, 1.807) is 91.0 Å². The van der Waals surface area contributed by atoms with Crippen molar-refractivity contribution in [3.63, 3.8) is 0 Å². The number of Topliss-reactive ketones (excluding diaryl/α,β-unsaturated/α-hetero) is 3. The molecule has 3 aliphatic rings. The first-order valence-electron chi connectivity index (χ1n) is 12.7. The Bertz CT molecular complexity index is 1680. The van der Waals surface area contributed by atoms with Gasteiger partial charge in [0.15, 0.2) is 17.3 Å². The van der Waals surface area contributed by atoms with Gasteiger partial charge in [-0.25, -0.2) is 4.39 Å². The van der Waals surface area contributed by atoms with Gasteiger partial charge in [0.25, 0.3) is 0 Å². The van der Waals surface area contributed by atoms with Crippen molar-refractivity contribution in [1.29, 1.82) is 0 Å². The number of halogens is 2. The Morgan fingerprint density at radius 2 is 1.46 bits per heavy atom. The standard InChI is InChI=1S/C33H21ClFNO3/c34-22-13-10-19(11-14-22)28-29(30(37)20-6-2-1-3-7-20)36-26-16-15-23(35)18-21(26)12-17-27(36)33(28)31(38)24-8-4-5-9-25(24)32(33)39/h1-18,27-29H/t27-,28+,29-/m1/s1. The molecule has 0 radical (unpaired) electrons. The summed E-state index contributed by atoms with van der Waals surface area (Å²) in [6, 6.07) is 25.4. The molecule has 4 aromatic rings. The van der Waals surface area contributed by atoms with Crippen molar-refractivity contribution >= 4 is 40.7 Å². The van der Waals surface area contributed by atoms with Crippen LogP contribution in [0.5, 0.6) is 0 Å². The SMILES string of the molecule is O=C(c1ccccc1)[C@H]1[C@H](c2ccc(Cl)cc2)C2(C(=O)c3ccccc3C2=O)[C@H]2C=Cc3cc(F)ccc3N12. The van der Waals surface area contributed by atoms with Gasteiger partial charge >= 0.3 is 0 Å². The number of ketones is 3. The summed E-state index contributed by atoms with van der Waals surface area (Å²) in [5.74, 6) is -2.08. The Kier molecular flexibility index (Phi) is 5.23. The number of hydrogen-bond acceptors (Lipinski definition) is 4. The van der Waals surface area contributed by atoms with Crippen LogP contribution in [0.2, 0.25) is 5.02 Å². The maximum Gasteiger partial charge on any atom is 0.185 e. The van der Waals surface area contributed by atoms with Crippen LogP contribution in [0, 0.1) is 11.2 Å². The molecule has 1 saturated heterocycles. The molecule has 7 rings (SSSR count). The molecule has 2 aliphatic heterocycles. The molecule has 0 aromatic heterocycles. The third-order valence-corrected chi connectivity index (χ3v) is 8.57. The van der Waals surface area contributed by atoms with E-state index in [-0.39, 0.29) is 17.3 Å². The summed E-state index contributed by atoms with van der Waals surface area (Å²) >= 11 is 6.24. The molecule has 0 saturated carbocycles. The van der Waals surface area contributed by atoms with E-state index in [1.165, 1.54) is 12.1 Å². The number of hydrogen-bond donors (Lipinski definition) is 0. The second-order valence-corrected chi connectivity index (χ2v) is 10.6. The van der Waals surface area contributed by atoms with Crippen LogP contribution in [0.15, 0.2) is 103 Å². The second-order valence-electron chi connectivity index (χ2n) is 10.2. The number of benzene rings is 4. The van der Waals surface area contributed by atoms with E-state index in [9.17, 15) is 18.8 Å². The van der Waals surface area contributed by atoms with Gasteiger partial charge in [-0.3, -0.25) is 14.4 Å². The molecular formula is C33H21ClFNO3. The lowest BCUT2D eigenvalue weighted by molar-refractivity contribution is 0.0666. The fourth-order valence-electron chi connectivity index (χ4n) is 6.76. The Labute approximate surface area is 229 Å². The number of rotatable bonds is 3. The average Bonchev–Trinajstić information content (AvgIpc) is 3.39. The van der Waals surface area contributed by atoms with Crippen LogP contribution in [0.1, 0.15) is 48.1 Å². The van der Waals surface area contributed by atoms with Gasteiger partial charge < -0.3 is 4.90 Å². The van der Waals surface area contributed by atoms with Crippen molar-refractivity contribution in [2.24, 2.45) is 5.41 Å². The fourth-order valence-corrected chi connectivity index (χ4v) is 6.89. The smallest absolute Gasteiger partial charge is 0.185 e. The molecule has 0 N–H and O–H groups in total. The van der Waals surface area contributed by atoms with Crippen LogP contribution >= 0.6 is 11.6 Å². The molecule has 6 heteroatoms. The van der Waals surface area contributed by atoms with Crippen molar-refractivity contribution in [3.05, 3.63) is 142 Å². The molecular weight excluding hydrogens is 513 g/mol. The maximum absolute atomic E-state index is 14.5. The largest absolute Gasteiger partial charge is 0.352 e. The first-order chi connectivity index (χ1) is 18.9. The van der Waals surface area contributed by atoms with Crippen molar-refractivity contribution in [2.45, 2.75) is 18.0 Å². The zero-order valence-electron chi connectivity index (χ0n) is 20.6. The monoisotopic (exact) mass is 533 g/mol. The lowest BCUT2D eigenvalue weighted by Gasteiger charge is -2.37. The number of carbonyl (C=O) groups excluding carboxylic acids is 3. The molecule has 0 unspecified atom stereocenters. The summed E-state index contributed by atoms with van der Waals surface area (Å²) < 4.78 is 14.3. The third-order valence-electron chi connectivity index (χ3n) is 8.32. The quantitative estimate of drug-likeness (QED) is 0.215. The minimum atomic E-state index is -1.60. The van der Waals surface area contributed by atoms with Gasteiger partial charge in [0.1, 0.15) is 17.3 Å². The van der Waals surface area contributed by atoms with Crippen LogP contribution < -0.4 is 4.90 Å². The lowest BCUT2D eigenvalue weighted by Crippen LogP contribution is -2.48. The van der Waals surface area contributed by atoms with E-state index in [0.29, 0.717) is 38.5 Å². The molecule has 0 amide bonds. The molecule has 3 atom stereocenters. The Morgan fingerprint density at radius 1 is 0.821 bits per heavy atom. The summed E-state index contributed by atoms with van der Waals surface area (Å²) in [7, 11) is 0. The topological polar surface area (TPSA) is 54.5 Å². The van der Waals surface area contributed by atoms with Crippen LogP contribution in [-0.4, -0.2) is 29.4 Å². The van der Waals surface area contributed by atoms with E-state index in [4.69, 9.17) is 11.6 Å². The molecule has 0 bridgehead atoms. The molecule has 4 nitrogen and oxygen atoms in total. The summed E-state index contributed by atoms with van der Waals surface area (Å²) in [6.07, 6.45) is 3.53. The summed E-state index contributed by atoms with van der Waals surface area (Å²) in [5.41, 5.74) is 1.42. The first kappa shape index (κ1) is 23.7. The number of carbonyl (C=O) groups is 3. The van der Waals surface area contributed by atoms with Gasteiger partial charge in [-0.15, -0.1) is 0 Å². The number of nitrogens with zero attached hydrogens (tertiary/aromatic N) is 1. The second kappa shape index (κ2) is 8.58. The summed E-state index contributed by atoms with van der Waals surface area (Å²) in [4.78, 5) is 45.4. The lowest BCUT2D eigenvalue weighted by atomic mass is 9.64. The molecule has 190 valence electrons. The van der Waals surface area contributed by atoms with E-state index >= 15 is 0 Å². The molecule has 2 heterocycles. The molecule has 1 aliphatic carbocycles. The van der Waals surface area contributed by atoms with E-state index < -0.39 is 29.2 Å². The van der Waals surface area contributed by atoms with Crippen molar-refractivity contribution in [3.8, 4) is 0 Å². The van der Waals surface area contributed by atoms with Crippen molar-refractivity contribution in [1.82, 2.24) is 0 Å². The van der Waals surface area contributed by atoms with Crippen LogP contribution in [-0.2, 0) is 0 Å². The average molecular weight is 534 g/mol. The summed E-state index contributed by atoms with van der Waals surface area (Å²) in [5, 5.41) is 0.502. The Hall–Kier alpha value is -4.35. The maximum atomic E-state index is 14.5. The van der Waals surface area contributed by atoms with E-state index in [1.807, 2.05) is 11.0 Å². The van der Waals surface area contributed by atoms with Gasteiger partial charge in [-0.1, -0.05) is 90.5 Å². The van der Waals surface area contributed by atoms with Gasteiger partial charge in [-0.2, -0.15) is 0 Å². The number of anilines is 1. The highest BCUT2D eigenvalue weighted by atomic mass is 35.5. The zero-order valence-corrected chi connectivity index (χ0v) is 21.3. The number of fused-ring (bicyclic) bond motifs is 5. The van der Waals surface area contributed by atoms with Crippen LogP contribution in [0.25, 0.3) is 6.08 Å². The van der Waals surface area contributed by atoms with Gasteiger partial charge in [0, 0.05) is 38.9 Å². The summed E-state index contributed by atoms with van der Waals surface area (Å²) in [6.45, 7) is 0. The van der Waals surface area contributed by atoms with Gasteiger partial charge in [-0.05, 0) is 35.9 Å². The van der Waals surface area contributed by atoms with Crippen molar-refractivity contribution < 1.29 is 18.8 Å². The minimum absolute atomic E-state index is 0.223. The first-order valence-corrected chi connectivity index (χ1v) is 13.1. The molecule has 39 heavy (non-hydrogen) atoms. The predicted octanol–water partition coefficient (Wildman–Crippen LogP) is 6.80. The van der Waals surface area contributed by atoms with Crippen LogP contribution in [0.3, 0.4) is 0 Å². The molecule has 1 spiro atoms. The Morgan fingerprint density at radius 3 is 2.13 bits per heavy atom. The predicted molar refractivity (Wildman–Crippen MR) is 148 cm³/mol. The third kappa shape index (κ3) is 3.20. The highest BCUT2D eigenvalue weighted by Gasteiger charge is 2.71. The van der Waals surface area contributed by atoms with Crippen molar-refractivity contribution in [2.75, 3.05) is 4.90 Å². The molecule has 1 fully saturated rings. The van der Waals surface area contributed by atoms with E-state index in [0.717, 1.165) is 0 Å². The zero-order chi connectivity index (χ0) is 26.9. The van der Waals surface area contributed by atoms with E-state index in [2.05, 4.69) is 0 Å². The highest BCUT2D eigenvalue weighted by molar-refractivity contribution is 6.32. The van der Waals surface area contributed by atoms with Crippen LogP contribution in [0.4, 0.5) is 10.1 Å². The molecule has 4 aromatic carbocycles.